The number of alkyl halides is 1. The minimum Gasteiger partial charge on any atom is -0.482 e. The third kappa shape index (κ3) is 3.74. The molecule has 0 fully saturated rings. The Morgan fingerprint density at radius 2 is 2.58 bits per heavy atom. The van der Waals surface area contributed by atoms with Gasteiger partial charge < -0.3 is 4.74 Å². The summed E-state index contributed by atoms with van der Waals surface area (Å²) >= 11 is 7.17. The van der Waals surface area contributed by atoms with Crippen molar-refractivity contribution in [3.05, 3.63) is 22.4 Å². The third-order valence-electron chi connectivity index (χ3n) is 1.20. The van der Waals surface area contributed by atoms with Crippen molar-refractivity contribution in [2.45, 2.75) is 5.88 Å². The molecule has 0 N–H and O–H groups in total. The minimum atomic E-state index is 0.650. The van der Waals surface area contributed by atoms with Crippen LogP contribution in [0, 0.1) is 0 Å². The molecular weight excluding hydrogens is 194 g/mol. The fourth-order valence-corrected chi connectivity index (χ4v) is 1.48. The van der Waals surface area contributed by atoms with Crippen molar-refractivity contribution >= 4 is 29.3 Å². The summed E-state index contributed by atoms with van der Waals surface area (Å²) in [5.74, 6) is 0.650. The molecule has 0 bridgehead atoms. The number of hydrogen-bond donors (Lipinski definition) is 0. The van der Waals surface area contributed by atoms with E-state index in [-0.39, 0.29) is 0 Å². The number of nitrogens with zero attached hydrogens (tertiary/aromatic N) is 1. The van der Waals surface area contributed by atoms with Gasteiger partial charge in [0.05, 0.1) is 12.4 Å². The Balaban J connectivity index is 0.000000127. The monoisotopic (exact) mass is 203 g/mol. The van der Waals surface area contributed by atoms with E-state index < -0.39 is 0 Å². The van der Waals surface area contributed by atoms with E-state index in [1.165, 1.54) is 11.3 Å². The zero-order chi connectivity index (χ0) is 8.65. The van der Waals surface area contributed by atoms with Crippen LogP contribution in [0.2, 0.25) is 0 Å². The lowest BCUT2D eigenvalue weighted by atomic mass is 10.5. The highest BCUT2D eigenvalue weighted by atomic mass is 35.5. The molecule has 2 rings (SSSR count). The molecule has 2 heterocycles. The second-order valence-corrected chi connectivity index (χ2v) is 3.39. The first kappa shape index (κ1) is 9.55. The largest absolute Gasteiger partial charge is 0.482 e. The Labute approximate surface area is 80.8 Å². The predicted octanol–water partition coefficient (Wildman–Crippen LogP) is 2.53. The predicted molar refractivity (Wildman–Crippen MR) is 53.2 cm³/mol. The van der Waals surface area contributed by atoms with Crippen LogP contribution in [0.4, 0.5) is 0 Å². The van der Waals surface area contributed by atoms with Crippen molar-refractivity contribution in [3.8, 4) is 0 Å². The molecule has 0 aromatic carbocycles. The normalized spacial score (nSPS) is 13.4. The van der Waals surface area contributed by atoms with Gasteiger partial charge in [-0.05, 0) is 11.4 Å². The van der Waals surface area contributed by atoms with E-state index in [4.69, 9.17) is 11.6 Å². The molecule has 4 heteroatoms. The van der Waals surface area contributed by atoms with E-state index >= 15 is 0 Å². The lowest BCUT2D eigenvalue weighted by Crippen LogP contribution is -1.80. The highest BCUT2D eigenvalue weighted by Gasteiger charge is 1.85. The summed E-state index contributed by atoms with van der Waals surface area (Å²) in [7, 11) is 0. The summed E-state index contributed by atoms with van der Waals surface area (Å²) in [6.07, 6.45) is 1.49. The first-order chi connectivity index (χ1) is 5.93. The fourth-order valence-electron chi connectivity index (χ4n) is 0.652. The van der Waals surface area contributed by atoms with Crippen LogP contribution in [0.15, 0.2) is 22.5 Å². The molecule has 0 radical (unpaired) electrons. The molecule has 0 spiro atoms. The van der Waals surface area contributed by atoms with Crippen molar-refractivity contribution in [2.75, 3.05) is 13.2 Å². The van der Waals surface area contributed by atoms with Crippen LogP contribution >= 0.6 is 22.9 Å². The van der Waals surface area contributed by atoms with Gasteiger partial charge in [-0.3, -0.25) is 4.99 Å². The number of halogens is 1. The smallest absolute Gasteiger partial charge is 0.169 e. The highest BCUT2D eigenvalue weighted by Crippen LogP contribution is 2.09. The van der Waals surface area contributed by atoms with Gasteiger partial charge in [-0.1, -0.05) is 6.07 Å². The summed E-state index contributed by atoms with van der Waals surface area (Å²) in [5, 5.41) is 2.03. The topological polar surface area (TPSA) is 21.6 Å². The van der Waals surface area contributed by atoms with Gasteiger partial charge in [-0.2, -0.15) is 0 Å². The van der Waals surface area contributed by atoms with Crippen LogP contribution in [0.5, 0.6) is 0 Å². The van der Waals surface area contributed by atoms with Crippen LogP contribution in [0.1, 0.15) is 4.88 Å². The van der Waals surface area contributed by atoms with E-state index in [0.717, 1.165) is 13.2 Å². The molecule has 1 aliphatic rings. The third-order valence-corrected chi connectivity index (χ3v) is 2.52. The molecule has 66 valence electrons. The van der Waals surface area contributed by atoms with Crippen molar-refractivity contribution in [1.82, 2.24) is 0 Å². The molecule has 1 aliphatic heterocycles. The summed E-state index contributed by atoms with van der Waals surface area (Å²) in [5.41, 5.74) is 0. The molecule has 1 aromatic heterocycles. The van der Waals surface area contributed by atoms with E-state index in [9.17, 15) is 0 Å². The molecule has 0 saturated heterocycles. The SMILES string of the molecule is C1=NCCO1.ClCc1cccs1. The lowest BCUT2D eigenvalue weighted by molar-refractivity contribution is 0.361. The van der Waals surface area contributed by atoms with Gasteiger partial charge in [0.2, 0.25) is 0 Å². The van der Waals surface area contributed by atoms with Gasteiger partial charge >= 0.3 is 0 Å². The standard InChI is InChI=1S/C5H5ClS.C3H5NO/c6-4-5-2-1-3-7-5;1-2-5-3-4-1/h1-3H,4H2;3H,1-2H2. The van der Waals surface area contributed by atoms with Gasteiger partial charge in [-0.15, -0.1) is 22.9 Å². The molecule has 1 aromatic rings. The fraction of sp³-hybridized carbons (Fsp3) is 0.375. The molecule has 0 aliphatic carbocycles. The number of hydrogen-bond acceptors (Lipinski definition) is 3. The van der Waals surface area contributed by atoms with Crippen LogP contribution in [0.25, 0.3) is 0 Å². The number of rotatable bonds is 1. The summed E-state index contributed by atoms with van der Waals surface area (Å²) < 4.78 is 4.65. The van der Waals surface area contributed by atoms with Crippen molar-refractivity contribution in [2.24, 2.45) is 4.99 Å². The average Bonchev–Trinajstić information content (AvgIpc) is 2.81. The van der Waals surface area contributed by atoms with E-state index in [2.05, 4.69) is 9.73 Å². The molecule has 0 atom stereocenters. The summed E-state index contributed by atoms with van der Waals surface area (Å²) in [4.78, 5) is 4.97. The maximum absolute atomic E-state index is 5.48. The van der Waals surface area contributed by atoms with Gasteiger partial charge in [0.25, 0.3) is 0 Å². The van der Waals surface area contributed by atoms with E-state index in [1.54, 1.807) is 11.3 Å². The van der Waals surface area contributed by atoms with Crippen molar-refractivity contribution in [1.29, 1.82) is 0 Å². The Hall–Kier alpha value is -0.540. The Bertz CT molecular complexity index is 217. The van der Waals surface area contributed by atoms with Gasteiger partial charge in [0.1, 0.15) is 6.61 Å². The molecule has 0 saturated carbocycles. The molecular formula is C8H10ClNOS. The van der Waals surface area contributed by atoms with Crippen molar-refractivity contribution < 1.29 is 4.74 Å². The minimum absolute atomic E-state index is 0.650. The maximum Gasteiger partial charge on any atom is 0.169 e. The van der Waals surface area contributed by atoms with E-state index in [0.29, 0.717) is 5.88 Å². The van der Waals surface area contributed by atoms with Crippen LogP contribution in [-0.4, -0.2) is 19.6 Å². The molecule has 0 unspecified atom stereocenters. The second kappa shape index (κ2) is 6.03. The van der Waals surface area contributed by atoms with Gasteiger partial charge in [0.15, 0.2) is 6.40 Å². The van der Waals surface area contributed by atoms with E-state index in [1.807, 2.05) is 17.5 Å². The first-order valence-corrected chi connectivity index (χ1v) is 5.03. The first-order valence-electron chi connectivity index (χ1n) is 3.61. The lowest BCUT2D eigenvalue weighted by Gasteiger charge is -1.76. The Kier molecular flexibility index (Phi) is 4.80. The zero-order valence-electron chi connectivity index (χ0n) is 6.57. The van der Waals surface area contributed by atoms with Crippen LogP contribution in [-0.2, 0) is 10.6 Å². The van der Waals surface area contributed by atoms with Crippen molar-refractivity contribution in [3.63, 3.8) is 0 Å². The number of ether oxygens (including phenoxy) is 1. The number of thiophene rings is 1. The second-order valence-electron chi connectivity index (χ2n) is 2.10. The molecule has 0 amide bonds. The molecule has 12 heavy (non-hydrogen) atoms. The van der Waals surface area contributed by atoms with Crippen LogP contribution < -0.4 is 0 Å². The van der Waals surface area contributed by atoms with Gasteiger partial charge in [0, 0.05) is 4.88 Å². The summed E-state index contributed by atoms with van der Waals surface area (Å²) in [6.45, 7) is 1.62. The van der Waals surface area contributed by atoms with Crippen LogP contribution in [0.3, 0.4) is 0 Å². The summed E-state index contributed by atoms with van der Waals surface area (Å²) in [6, 6.07) is 4.03. The Morgan fingerprint density at radius 1 is 1.67 bits per heavy atom. The maximum atomic E-state index is 5.48. The molecule has 2 nitrogen and oxygen atoms in total. The average molecular weight is 204 g/mol. The zero-order valence-corrected chi connectivity index (χ0v) is 8.14. The Morgan fingerprint density at radius 3 is 2.83 bits per heavy atom. The van der Waals surface area contributed by atoms with Gasteiger partial charge in [-0.25, -0.2) is 0 Å². The number of aliphatic imine (C=N–C) groups is 1. The quantitative estimate of drug-likeness (QED) is 0.643. The highest BCUT2D eigenvalue weighted by molar-refractivity contribution is 7.10.